The van der Waals surface area contributed by atoms with E-state index in [9.17, 15) is 0 Å². The zero-order valence-electron chi connectivity index (χ0n) is 12.1. The van der Waals surface area contributed by atoms with E-state index in [1.807, 2.05) is 0 Å². The molecule has 102 valence electrons. The van der Waals surface area contributed by atoms with E-state index in [1.165, 1.54) is 17.5 Å². The van der Waals surface area contributed by atoms with Gasteiger partial charge >= 0.3 is 0 Å². The molecule has 0 aromatic heterocycles. The van der Waals surface area contributed by atoms with E-state index < -0.39 is 0 Å². The molecule has 0 fully saturated rings. The second kappa shape index (κ2) is 8.28. The molecule has 0 heterocycles. The van der Waals surface area contributed by atoms with Crippen LogP contribution in [0.15, 0.2) is 24.3 Å². The molecule has 2 heteroatoms. The molecule has 0 bridgehead atoms. The highest BCUT2D eigenvalue weighted by Gasteiger charge is 2.02. The molecule has 1 aromatic rings. The van der Waals surface area contributed by atoms with Crippen molar-refractivity contribution < 1.29 is 0 Å². The summed E-state index contributed by atoms with van der Waals surface area (Å²) in [7, 11) is 0. The predicted molar refractivity (Wildman–Crippen MR) is 79.7 cm³/mol. The highest BCUT2D eigenvalue weighted by Crippen LogP contribution is 2.18. The Kier molecular flexibility index (Phi) is 6.99. The van der Waals surface area contributed by atoms with E-state index >= 15 is 0 Å². The van der Waals surface area contributed by atoms with Gasteiger partial charge in [0.2, 0.25) is 0 Å². The Labute approximate surface area is 112 Å². The molecule has 0 radical (unpaired) electrons. The SMILES string of the molecule is CCC(C)c1ccc(CNCCC(C)CN)cc1. The second-order valence-corrected chi connectivity index (χ2v) is 5.36. The third kappa shape index (κ3) is 5.19. The van der Waals surface area contributed by atoms with Gasteiger partial charge in [-0.25, -0.2) is 0 Å². The van der Waals surface area contributed by atoms with Crippen molar-refractivity contribution in [2.24, 2.45) is 11.7 Å². The minimum Gasteiger partial charge on any atom is -0.330 e. The first-order valence-electron chi connectivity index (χ1n) is 7.17. The molecule has 0 saturated heterocycles. The molecule has 18 heavy (non-hydrogen) atoms. The first-order valence-corrected chi connectivity index (χ1v) is 7.17. The van der Waals surface area contributed by atoms with Crippen LogP contribution in [0.1, 0.15) is 50.7 Å². The molecule has 0 aliphatic rings. The van der Waals surface area contributed by atoms with Crippen molar-refractivity contribution in [3.05, 3.63) is 35.4 Å². The molecule has 0 amide bonds. The molecule has 0 saturated carbocycles. The van der Waals surface area contributed by atoms with Crippen LogP contribution in [0.4, 0.5) is 0 Å². The number of hydrogen-bond donors (Lipinski definition) is 2. The van der Waals surface area contributed by atoms with Gasteiger partial charge in [-0.1, -0.05) is 45.0 Å². The minimum atomic E-state index is 0.616. The van der Waals surface area contributed by atoms with Crippen molar-refractivity contribution in [3.63, 3.8) is 0 Å². The molecular weight excluding hydrogens is 220 g/mol. The first-order chi connectivity index (χ1) is 8.67. The maximum atomic E-state index is 5.60. The lowest BCUT2D eigenvalue weighted by Gasteiger charge is -2.11. The largest absolute Gasteiger partial charge is 0.330 e. The third-order valence-corrected chi connectivity index (χ3v) is 3.71. The summed E-state index contributed by atoms with van der Waals surface area (Å²) in [5.41, 5.74) is 8.40. The summed E-state index contributed by atoms with van der Waals surface area (Å²) >= 11 is 0. The van der Waals surface area contributed by atoms with Gasteiger partial charge in [0.25, 0.3) is 0 Å². The Bertz CT molecular complexity index is 318. The number of nitrogens with one attached hydrogen (secondary N) is 1. The van der Waals surface area contributed by atoms with E-state index in [1.54, 1.807) is 0 Å². The summed E-state index contributed by atoms with van der Waals surface area (Å²) in [4.78, 5) is 0. The summed E-state index contributed by atoms with van der Waals surface area (Å²) < 4.78 is 0. The van der Waals surface area contributed by atoms with E-state index in [2.05, 4.69) is 50.4 Å². The number of benzene rings is 1. The fourth-order valence-corrected chi connectivity index (χ4v) is 1.90. The van der Waals surface area contributed by atoms with Gasteiger partial charge in [-0.3, -0.25) is 0 Å². The maximum absolute atomic E-state index is 5.60. The van der Waals surface area contributed by atoms with Crippen LogP contribution >= 0.6 is 0 Å². The standard InChI is InChI=1S/C16H28N2/c1-4-14(3)16-7-5-15(6-8-16)12-18-10-9-13(2)11-17/h5-8,13-14,18H,4,9-12,17H2,1-3H3. The van der Waals surface area contributed by atoms with Crippen LogP contribution < -0.4 is 11.1 Å². The van der Waals surface area contributed by atoms with Gasteiger partial charge < -0.3 is 11.1 Å². The summed E-state index contributed by atoms with van der Waals surface area (Å²) in [5.74, 6) is 1.28. The Balaban J connectivity index is 2.31. The van der Waals surface area contributed by atoms with E-state index in [-0.39, 0.29) is 0 Å². The van der Waals surface area contributed by atoms with Crippen molar-refractivity contribution in [3.8, 4) is 0 Å². The van der Waals surface area contributed by atoms with Crippen molar-refractivity contribution in [1.82, 2.24) is 5.32 Å². The van der Waals surface area contributed by atoms with Gasteiger partial charge in [0.15, 0.2) is 0 Å². The average molecular weight is 248 g/mol. The summed E-state index contributed by atoms with van der Waals surface area (Å²) in [6.45, 7) is 9.50. The van der Waals surface area contributed by atoms with Crippen LogP contribution in [0.2, 0.25) is 0 Å². The Morgan fingerprint density at radius 3 is 2.39 bits per heavy atom. The topological polar surface area (TPSA) is 38.0 Å². The Hall–Kier alpha value is -0.860. The van der Waals surface area contributed by atoms with Gasteiger partial charge in [-0.05, 0) is 48.9 Å². The van der Waals surface area contributed by atoms with E-state index in [0.717, 1.165) is 26.1 Å². The summed E-state index contributed by atoms with van der Waals surface area (Å²) in [6, 6.07) is 8.99. The molecule has 2 atom stereocenters. The fourth-order valence-electron chi connectivity index (χ4n) is 1.90. The quantitative estimate of drug-likeness (QED) is 0.693. The van der Waals surface area contributed by atoms with Gasteiger partial charge in [-0.2, -0.15) is 0 Å². The monoisotopic (exact) mass is 248 g/mol. The third-order valence-electron chi connectivity index (χ3n) is 3.71. The normalized spacial score (nSPS) is 14.4. The lowest BCUT2D eigenvalue weighted by molar-refractivity contribution is 0.509. The van der Waals surface area contributed by atoms with Crippen molar-refractivity contribution in [1.29, 1.82) is 0 Å². The maximum Gasteiger partial charge on any atom is 0.0205 e. The molecule has 3 N–H and O–H groups in total. The van der Waals surface area contributed by atoms with Crippen LogP contribution in [0.3, 0.4) is 0 Å². The van der Waals surface area contributed by atoms with Crippen molar-refractivity contribution in [2.45, 2.75) is 46.1 Å². The number of nitrogens with two attached hydrogens (primary N) is 1. The summed E-state index contributed by atoms with van der Waals surface area (Å²) in [6.07, 6.45) is 2.36. The van der Waals surface area contributed by atoms with Crippen LogP contribution in [-0.2, 0) is 6.54 Å². The molecule has 2 unspecified atom stereocenters. The Morgan fingerprint density at radius 1 is 1.17 bits per heavy atom. The van der Waals surface area contributed by atoms with Gasteiger partial charge in [0.05, 0.1) is 0 Å². The smallest absolute Gasteiger partial charge is 0.0205 e. The number of hydrogen-bond acceptors (Lipinski definition) is 2. The molecule has 1 rings (SSSR count). The summed E-state index contributed by atoms with van der Waals surface area (Å²) in [5, 5.41) is 3.47. The van der Waals surface area contributed by atoms with Crippen LogP contribution in [-0.4, -0.2) is 13.1 Å². The molecule has 0 aliphatic heterocycles. The molecule has 0 aliphatic carbocycles. The molecule has 2 nitrogen and oxygen atoms in total. The zero-order chi connectivity index (χ0) is 13.4. The highest BCUT2D eigenvalue weighted by atomic mass is 14.8. The van der Waals surface area contributed by atoms with Gasteiger partial charge in [0, 0.05) is 6.54 Å². The number of rotatable bonds is 8. The minimum absolute atomic E-state index is 0.616. The zero-order valence-corrected chi connectivity index (χ0v) is 12.1. The molecule has 0 spiro atoms. The average Bonchev–Trinajstić information content (AvgIpc) is 2.43. The van der Waals surface area contributed by atoms with Crippen molar-refractivity contribution >= 4 is 0 Å². The van der Waals surface area contributed by atoms with Gasteiger partial charge in [-0.15, -0.1) is 0 Å². The van der Waals surface area contributed by atoms with Gasteiger partial charge in [0.1, 0.15) is 0 Å². The lowest BCUT2D eigenvalue weighted by Crippen LogP contribution is -2.20. The van der Waals surface area contributed by atoms with E-state index in [0.29, 0.717) is 11.8 Å². The van der Waals surface area contributed by atoms with Crippen LogP contribution in [0, 0.1) is 5.92 Å². The van der Waals surface area contributed by atoms with E-state index in [4.69, 9.17) is 5.73 Å². The Morgan fingerprint density at radius 2 is 1.83 bits per heavy atom. The van der Waals surface area contributed by atoms with Crippen LogP contribution in [0.25, 0.3) is 0 Å². The fraction of sp³-hybridized carbons (Fsp3) is 0.625. The first kappa shape index (κ1) is 15.2. The molecular formula is C16H28N2. The van der Waals surface area contributed by atoms with Crippen LogP contribution in [0.5, 0.6) is 0 Å². The second-order valence-electron chi connectivity index (χ2n) is 5.36. The molecule has 1 aromatic carbocycles. The lowest BCUT2D eigenvalue weighted by atomic mass is 9.98. The van der Waals surface area contributed by atoms with Crippen molar-refractivity contribution in [2.75, 3.05) is 13.1 Å². The predicted octanol–water partition coefficient (Wildman–Crippen LogP) is 3.27. The highest BCUT2D eigenvalue weighted by molar-refractivity contribution is 5.24.